The van der Waals surface area contributed by atoms with Gasteiger partial charge < -0.3 is 14.8 Å². The molecule has 3 rings (SSSR count). The van der Waals surface area contributed by atoms with Crippen molar-refractivity contribution in [2.45, 2.75) is 24.4 Å². The monoisotopic (exact) mass is 438 g/mol. The average molecular weight is 439 g/mol. The number of rotatable bonds is 5. The zero-order valence-electron chi connectivity index (χ0n) is 15.8. The highest BCUT2D eigenvalue weighted by molar-refractivity contribution is 6.31. The molecule has 1 N–H and O–H groups in total. The predicted octanol–water partition coefficient (Wildman–Crippen LogP) is 4.84. The molecule has 1 aliphatic rings. The summed E-state index contributed by atoms with van der Waals surface area (Å²) < 4.78 is 47.3. The first-order valence-electron chi connectivity index (χ1n) is 9.13. The minimum atomic E-state index is -4.52. The second-order valence-electron chi connectivity index (χ2n) is 6.86. The normalized spacial score (nSPS) is 15.8. The van der Waals surface area contributed by atoms with Crippen LogP contribution in [-0.2, 0) is 14.9 Å². The molecule has 1 saturated heterocycles. The topological polar surface area (TPSA) is 71.4 Å². The van der Waals surface area contributed by atoms with Crippen LogP contribution in [0.5, 0.6) is 5.75 Å². The van der Waals surface area contributed by atoms with E-state index in [1.807, 2.05) is 0 Å². The van der Waals surface area contributed by atoms with Crippen molar-refractivity contribution in [2.24, 2.45) is 0 Å². The molecule has 0 unspecified atom stereocenters. The summed E-state index contributed by atoms with van der Waals surface area (Å²) in [6.45, 7) is -0.748. The fraction of sp³-hybridized carbons (Fsp3) is 0.333. The van der Waals surface area contributed by atoms with Crippen LogP contribution in [-0.4, -0.2) is 31.9 Å². The fourth-order valence-corrected chi connectivity index (χ4v) is 3.74. The van der Waals surface area contributed by atoms with Gasteiger partial charge in [-0.25, -0.2) is 0 Å². The Morgan fingerprint density at radius 2 is 1.93 bits per heavy atom. The number of nitrogens with zero attached hydrogens (tertiary/aromatic N) is 1. The lowest BCUT2D eigenvalue weighted by molar-refractivity contribution is -0.153. The predicted molar refractivity (Wildman–Crippen MR) is 105 cm³/mol. The number of ether oxygens (including phenoxy) is 2. The molecular weight excluding hydrogens is 421 g/mol. The van der Waals surface area contributed by atoms with Crippen LogP contribution in [0.2, 0.25) is 5.02 Å². The molecule has 1 amide bonds. The van der Waals surface area contributed by atoms with Gasteiger partial charge in [0.15, 0.2) is 6.61 Å². The lowest BCUT2D eigenvalue weighted by Gasteiger charge is -2.36. The van der Waals surface area contributed by atoms with Crippen LogP contribution in [0.1, 0.15) is 24.0 Å². The van der Waals surface area contributed by atoms with Crippen molar-refractivity contribution in [3.63, 3.8) is 0 Å². The van der Waals surface area contributed by atoms with Crippen molar-refractivity contribution in [3.05, 3.63) is 58.6 Å². The maximum Gasteiger partial charge on any atom is 0.422 e. The Kier molecular flexibility index (Phi) is 6.54. The minimum Gasteiger partial charge on any atom is -0.483 e. The summed E-state index contributed by atoms with van der Waals surface area (Å²) in [6, 6.07) is 12.8. The van der Waals surface area contributed by atoms with Gasteiger partial charge in [0.25, 0.3) is 0 Å². The second kappa shape index (κ2) is 8.94. The van der Waals surface area contributed by atoms with E-state index >= 15 is 0 Å². The second-order valence-corrected chi connectivity index (χ2v) is 7.26. The van der Waals surface area contributed by atoms with Crippen LogP contribution < -0.4 is 10.1 Å². The van der Waals surface area contributed by atoms with E-state index in [9.17, 15) is 23.2 Å². The van der Waals surface area contributed by atoms with Crippen molar-refractivity contribution >= 4 is 23.2 Å². The first kappa shape index (κ1) is 21.9. The maximum absolute atomic E-state index is 13.3. The molecule has 5 nitrogen and oxygen atoms in total. The number of nitriles is 1. The molecule has 2 aromatic carbocycles. The standard InChI is InChI=1S/C21H18ClF3N2O3/c22-17-4-2-1-3-16(17)20(7-9-29-10-8-20)19(28)27-15-5-6-18(14(11-15)12-26)30-13-21(23,24)25/h1-6,11H,7-10,13H2,(H,27,28). The molecule has 2 aromatic rings. The summed E-state index contributed by atoms with van der Waals surface area (Å²) in [5.41, 5.74) is -0.0859. The number of carbonyl (C=O) groups is 1. The van der Waals surface area contributed by atoms with Crippen molar-refractivity contribution < 1.29 is 27.4 Å². The van der Waals surface area contributed by atoms with E-state index in [-0.39, 0.29) is 22.9 Å². The van der Waals surface area contributed by atoms with E-state index in [2.05, 4.69) is 10.1 Å². The summed E-state index contributed by atoms with van der Waals surface area (Å²) >= 11 is 6.36. The molecule has 0 saturated carbocycles. The molecule has 0 spiro atoms. The lowest BCUT2D eigenvalue weighted by Crippen LogP contribution is -2.45. The van der Waals surface area contributed by atoms with Gasteiger partial charge in [-0.1, -0.05) is 29.8 Å². The highest BCUT2D eigenvalue weighted by Crippen LogP contribution is 2.40. The number of hydrogen-bond donors (Lipinski definition) is 1. The molecule has 0 atom stereocenters. The van der Waals surface area contributed by atoms with Crippen LogP contribution in [0, 0.1) is 11.3 Å². The zero-order valence-corrected chi connectivity index (χ0v) is 16.5. The number of anilines is 1. The molecule has 30 heavy (non-hydrogen) atoms. The Bertz CT molecular complexity index is 967. The van der Waals surface area contributed by atoms with E-state index in [1.165, 1.54) is 18.2 Å². The van der Waals surface area contributed by atoms with Gasteiger partial charge in [0.05, 0.1) is 11.0 Å². The Morgan fingerprint density at radius 1 is 1.23 bits per heavy atom. The van der Waals surface area contributed by atoms with Gasteiger partial charge in [-0.15, -0.1) is 0 Å². The Morgan fingerprint density at radius 3 is 2.57 bits per heavy atom. The van der Waals surface area contributed by atoms with Gasteiger partial charge in [-0.3, -0.25) is 4.79 Å². The third-order valence-electron chi connectivity index (χ3n) is 4.92. The van der Waals surface area contributed by atoms with Gasteiger partial charge in [-0.2, -0.15) is 18.4 Å². The number of hydrogen-bond acceptors (Lipinski definition) is 4. The Balaban J connectivity index is 1.86. The van der Waals surface area contributed by atoms with Crippen LogP contribution in [0.25, 0.3) is 0 Å². The van der Waals surface area contributed by atoms with Crippen molar-refractivity contribution in [1.82, 2.24) is 0 Å². The van der Waals surface area contributed by atoms with Gasteiger partial charge in [0.2, 0.25) is 5.91 Å². The number of carbonyl (C=O) groups excluding carboxylic acids is 1. The number of benzene rings is 2. The Labute approximate surface area is 176 Å². The van der Waals surface area contributed by atoms with Gasteiger partial charge in [-0.05, 0) is 42.7 Å². The minimum absolute atomic E-state index is 0.115. The smallest absolute Gasteiger partial charge is 0.422 e. The molecule has 158 valence electrons. The molecule has 1 aliphatic heterocycles. The first-order valence-corrected chi connectivity index (χ1v) is 9.51. The van der Waals surface area contributed by atoms with Crippen molar-refractivity contribution in [1.29, 1.82) is 5.26 Å². The van der Waals surface area contributed by atoms with E-state index in [0.717, 1.165) is 0 Å². The third kappa shape index (κ3) is 4.86. The number of halogens is 4. The summed E-state index contributed by atoms with van der Waals surface area (Å²) in [5, 5.41) is 12.5. The maximum atomic E-state index is 13.3. The summed E-state index contributed by atoms with van der Waals surface area (Å²) in [7, 11) is 0. The molecule has 9 heteroatoms. The van der Waals surface area contributed by atoms with E-state index in [1.54, 1.807) is 30.3 Å². The Hall–Kier alpha value is -2.76. The van der Waals surface area contributed by atoms with E-state index < -0.39 is 18.2 Å². The van der Waals surface area contributed by atoms with Crippen LogP contribution in [0.15, 0.2) is 42.5 Å². The zero-order chi connectivity index (χ0) is 21.8. The number of alkyl halides is 3. The highest BCUT2D eigenvalue weighted by Gasteiger charge is 2.43. The van der Waals surface area contributed by atoms with E-state index in [0.29, 0.717) is 36.6 Å². The molecule has 1 fully saturated rings. The molecule has 0 bridgehead atoms. The van der Waals surface area contributed by atoms with Crippen LogP contribution in [0.3, 0.4) is 0 Å². The number of amides is 1. The average Bonchev–Trinajstić information content (AvgIpc) is 2.72. The van der Waals surface area contributed by atoms with E-state index in [4.69, 9.17) is 16.3 Å². The summed E-state index contributed by atoms with van der Waals surface area (Å²) in [6.07, 6.45) is -3.69. The first-order chi connectivity index (χ1) is 14.2. The molecule has 0 aromatic heterocycles. The lowest BCUT2D eigenvalue weighted by atomic mass is 9.73. The third-order valence-corrected chi connectivity index (χ3v) is 5.25. The van der Waals surface area contributed by atoms with Gasteiger partial charge in [0, 0.05) is 23.9 Å². The fourth-order valence-electron chi connectivity index (χ4n) is 3.42. The molecule has 0 aliphatic carbocycles. The SMILES string of the molecule is N#Cc1cc(NC(=O)C2(c3ccccc3Cl)CCOCC2)ccc1OCC(F)(F)F. The van der Waals surface area contributed by atoms with Gasteiger partial charge >= 0.3 is 6.18 Å². The van der Waals surface area contributed by atoms with Crippen molar-refractivity contribution in [3.8, 4) is 11.8 Å². The molecule has 1 heterocycles. The van der Waals surface area contributed by atoms with Crippen LogP contribution in [0.4, 0.5) is 18.9 Å². The quantitative estimate of drug-likeness (QED) is 0.725. The number of nitrogens with one attached hydrogen (secondary N) is 1. The molecule has 0 radical (unpaired) electrons. The largest absolute Gasteiger partial charge is 0.483 e. The van der Waals surface area contributed by atoms with Crippen molar-refractivity contribution in [2.75, 3.05) is 25.1 Å². The summed E-state index contributed by atoms with van der Waals surface area (Å²) in [4.78, 5) is 13.3. The summed E-state index contributed by atoms with van der Waals surface area (Å²) in [5.74, 6) is -0.536. The van der Waals surface area contributed by atoms with Crippen LogP contribution >= 0.6 is 11.6 Å². The highest BCUT2D eigenvalue weighted by atomic mass is 35.5. The molecular formula is C21H18ClF3N2O3. The van der Waals surface area contributed by atoms with Gasteiger partial charge in [0.1, 0.15) is 11.8 Å².